The Kier molecular flexibility index (Phi) is 7.10. The minimum atomic E-state index is -0.382. The molecule has 0 unspecified atom stereocenters. The SMILES string of the molecule is CCOc1ccc(OC)cc1/C=N\NC(=O)COc1ccc(Cl)cc1. The van der Waals surface area contributed by atoms with Gasteiger partial charge in [-0.2, -0.15) is 5.10 Å². The summed E-state index contributed by atoms with van der Waals surface area (Å²) in [6.45, 7) is 2.25. The maximum Gasteiger partial charge on any atom is 0.277 e. The van der Waals surface area contributed by atoms with Crippen molar-refractivity contribution in [2.45, 2.75) is 6.92 Å². The van der Waals surface area contributed by atoms with Gasteiger partial charge in [-0.05, 0) is 49.4 Å². The Morgan fingerprint density at radius 2 is 1.88 bits per heavy atom. The first-order chi connectivity index (χ1) is 12.1. The van der Waals surface area contributed by atoms with Crippen LogP contribution in [0, 0.1) is 0 Å². The lowest BCUT2D eigenvalue weighted by atomic mass is 10.2. The first kappa shape index (κ1) is 18.6. The number of hydrogen-bond donors (Lipinski definition) is 1. The molecular formula is C18H19ClN2O4. The van der Waals surface area contributed by atoms with E-state index >= 15 is 0 Å². The van der Waals surface area contributed by atoms with Gasteiger partial charge in [0.1, 0.15) is 17.2 Å². The average molecular weight is 363 g/mol. The van der Waals surface area contributed by atoms with Crippen LogP contribution in [0.15, 0.2) is 47.6 Å². The van der Waals surface area contributed by atoms with Crippen LogP contribution >= 0.6 is 11.6 Å². The van der Waals surface area contributed by atoms with Crippen molar-refractivity contribution >= 4 is 23.7 Å². The number of hydrazone groups is 1. The molecule has 1 N–H and O–H groups in total. The Balaban J connectivity index is 1.91. The summed E-state index contributed by atoms with van der Waals surface area (Å²) in [5.74, 6) is 1.49. The number of methoxy groups -OCH3 is 1. The molecule has 0 fully saturated rings. The van der Waals surface area contributed by atoms with Gasteiger partial charge < -0.3 is 14.2 Å². The van der Waals surface area contributed by atoms with Crippen LogP contribution in [0.1, 0.15) is 12.5 Å². The topological polar surface area (TPSA) is 69.2 Å². The number of carbonyl (C=O) groups excluding carboxylic acids is 1. The number of nitrogens with one attached hydrogen (secondary N) is 1. The second kappa shape index (κ2) is 9.54. The molecule has 2 aromatic rings. The van der Waals surface area contributed by atoms with Crippen LogP contribution in [0.4, 0.5) is 0 Å². The van der Waals surface area contributed by atoms with Gasteiger partial charge >= 0.3 is 0 Å². The largest absolute Gasteiger partial charge is 0.497 e. The van der Waals surface area contributed by atoms with Gasteiger partial charge in [0, 0.05) is 10.6 Å². The van der Waals surface area contributed by atoms with Crippen LogP contribution in [0.2, 0.25) is 5.02 Å². The normalized spacial score (nSPS) is 10.5. The minimum absolute atomic E-state index is 0.157. The first-order valence-electron chi connectivity index (χ1n) is 7.63. The molecule has 7 heteroatoms. The van der Waals surface area contributed by atoms with Gasteiger partial charge in [0.05, 0.1) is 19.9 Å². The molecule has 0 bridgehead atoms. The molecule has 6 nitrogen and oxygen atoms in total. The number of benzene rings is 2. The van der Waals surface area contributed by atoms with Crippen LogP contribution in [0.5, 0.6) is 17.2 Å². The van der Waals surface area contributed by atoms with Crippen LogP contribution in [-0.4, -0.2) is 32.4 Å². The second-order valence-electron chi connectivity index (χ2n) is 4.87. The van der Waals surface area contributed by atoms with Crippen molar-refractivity contribution in [3.8, 4) is 17.2 Å². The van der Waals surface area contributed by atoms with Crippen LogP contribution in [0.25, 0.3) is 0 Å². The molecule has 0 saturated carbocycles. The van der Waals surface area contributed by atoms with E-state index < -0.39 is 0 Å². The molecule has 132 valence electrons. The van der Waals surface area contributed by atoms with Gasteiger partial charge in [0.15, 0.2) is 6.61 Å². The van der Waals surface area contributed by atoms with Gasteiger partial charge in [-0.3, -0.25) is 4.79 Å². The molecule has 0 atom stereocenters. The number of ether oxygens (including phenoxy) is 3. The highest BCUT2D eigenvalue weighted by molar-refractivity contribution is 6.30. The number of halogens is 1. The molecule has 25 heavy (non-hydrogen) atoms. The summed E-state index contributed by atoms with van der Waals surface area (Å²) in [5, 5.41) is 4.53. The van der Waals surface area contributed by atoms with Gasteiger partial charge in [-0.1, -0.05) is 11.6 Å². The lowest BCUT2D eigenvalue weighted by Gasteiger charge is -2.08. The van der Waals surface area contributed by atoms with Crippen molar-refractivity contribution < 1.29 is 19.0 Å². The monoisotopic (exact) mass is 362 g/mol. The zero-order valence-corrected chi connectivity index (χ0v) is 14.7. The predicted octanol–water partition coefficient (Wildman–Crippen LogP) is 3.28. The van der Waals surface area contributed by atoms with Crippen molar-refractivity contribution in [1.82, 2.24) is 5.43 Å². The van der Waals surface area contributed by atoms with Gasteiger partial charge in [-0.25, -0.2) is 5.43 Å². The van der Waals surface area contributed by atoms with E-state index in [1.165, 1.54) is 6.21 Å². The van der Waals surface area contributed by atoms with E-state index in [4.69, 9.17) is 25.8 Å². The Morgan fingerprint density at radius 1 is 1.16 bits per heavy atom. The van der Waals surface area contributed by atoms with Gasteiger partial charge in [0.25, 0.3) is 5.91 Å². The highest BCUT2D eigenvalue weighted by Crippen LogP contribution is 2.22. The maximum atomic E-state index is 11.8. The first-order valence-corrected chi connectivity index (χ1v) is 8.01. The fourth-order valence-electron chi connectivity index (χ4n) is 1.93. The quantitative estimate of drug-likeness (QED) is 0.578. The standard InChI is InChI=1S/C18H19ClN2O4/c1-3-24-17-9-8-16(23-2)10-13(17)11-20-21-18(22)12-25-15-6-4-14(19)5-7-15/h4-11H,3,12H2,1-2H3,(H,21,22)/b20-11-. The fraction of sp³-hybridized carbons (Fsp3) is 0.222. The Labute approximate surface area is 151 Å². The summed E-state index contributed by atoms with van der Waals surface area (Å²) >= 11 is 5.78. The number of nitrogens with zero attached hydrogens (tertiary/aromatic N) is 1. The summed E-state index contributed by atoms with van der Waals surface area (Å²) in [6.07, 6.45) is 1.49. The maximum absolute atomic E-state index is 11.8. The molecular weight excluding hydrogens is 344 g/mol. The lowest BCUT2D eigenvalue weighted by Crippen LogP contribution is -2.24. The third-order valence-electron chi connectivity index (χ3n) is 3.09. The molecule has 1 amide bonds. The van der Waals surface area contributed by atoms with Crippen molar-refractivity contribution in [2.75, 3.05) is 20.3 Å². The van der Waals surface area contributed by atoms with Gasteiger partial charge in [0.2, 0.25) is 0 Å². The third kappa shape index (κ3) is 6.00. The second-order valence-corrected chi connectivity index (χ2v) is 5.31. The smallest absolute Gasteiger partial charge is 0.277 e. The summed E-state index contributed by atoms with van der Waals surface area (Å²) in [5.41, 5.74) is 3.10. The van der Waals surface area contributed by atoms with E-state index in [2.05, 4.69) is 10.5 Å². The molecule has 0 aliphatic carbocycles. The molecule has 0 spiro atoms. The van der Waals surface area contributed by atoms with E-state index in [-0.39, 0.29) is 12.5 Å². The summed E-state index contributed by atoms with van der Waals surface area (Å²) in [4.78, 5) is 11.8. The molecule has 2 aromatic carbocycles. The lowest BCUT2D eigenvalue weighted by molar-refractivity contribution is -0.123. The number of hydrogen-bond acceptors (Lipinski definition) is 5. The Hall–Kier alpha value is -2.73. The van der Waals surface area contributed by atoms with Crippen LogP contribution in [-0.2, 0) is 4.79 Å². The fourth-order valence-corrected chi connectivity index (χ4v) is 2.05. The molecule has 0 heterocycles. The Morgan fingerprint density at radius 3 is 2.56 bits per heavy atom. The molecule has 0 aliphatic heterocycles. The zero-order chi connectivity index (χ0) is 18.1. The highest BCUT2D eigenvalue weighted by Gasteiger charge is 2.05. The van der Waals surface area contributed by atoms with Crippen molar-refractivity contribution in [2.24, 2.45) is 5.10 Å². The number of amides is 1. The van der Waals surface area contributed by atoms with E-state index in [1.807, 2.05) is 6.92 Å². The highest BCUT2D eigenvalue weighted by atomic mass is 35.5. The zero-order valence-electron chi connectivity index (χ0n) is 14.0. The van der Waals surface area contributed by atoms with Crippen LogP contribution in [0.3, 0.4) is 0 Å². The molecule has 0 saturated heterocycles. The van der Waals surface area contributed by atoms with Crippen LogP contribution < -0.4 is 19.6 Å². The van der Waals surface area contributed by atoms with E-state index in [9.17, 15) is 4.79 Å². The van der Waals surface area contributed by atoms with E-state index in [0.717, 1.165) is 0 Å². The van der Waals surface area contributed by atoms with Crippen molar-refractivity contribution in [3.05, 3.63) is 53.1 Å². The predicted molar refractivity (Wildman–Crippen MR) is 96.8 cm³/mol. The van der Waals surface area contributed by atoms with Crippen molar-refractivity contribution in [3.63, 3.8) is 0 Å². The summed E-state index contributed by atoms with van der Waals surface area (Å²) in [6, 6.07) is 12.1. The number of rotatable bonds is 8. The minimum Gasteiger partial charge on any atom is -0.497 e. The summed E-state index contributed by atoms with van der Waals surface area (Å²) in [7, 11) is 1.58. The van der Waals surface area contributed by atoms with Crippen molar-refractivity contribution in [1.29, 1.82) is 0 Å². The Bertz CT molecular complexity index is 732. The van der Waals surface area contributed by atoms with E-state index in [1.54, 1.807) is 49.6 Å². The van der Waals surface area contributed by atoms with Gasteiger partial charge in [-0.15, -0.1) is 0 Å². The average Bonchev–Trinajstić information content (AvgIpc) is 2.62. The molecule has 0 aromatic heterocycles. The molecule has 0 radical (unpaired) electrons. The molecule has 0 aliphatic rings. The third-order valence-corrected chi connectivity index (χ3v) is 3.35. The number of carbonyl (C=O) groups is 1. The summed E-state index contributed by atoms with van der Waals surface area (Å²) < 4.78 is 16.0. The molecule has 2 rings (SSSR count). The van der Waals surface area contributed by atoms with E-state index in [0.29, 0.717) is 34.4 Å².